The molecule has 0 fully saturated rings. The van der Waals surface area contributed by atoms with Crippen LogP contribution in [0.2, 0.25) is 0 Å². The molecule has 1 aliphatic rings. The van der Waals surface area contributed by atoms with Gasteiger partial charge in [-0.25, -0.2) is 4.85 Å². The fraction of sp³-hybridized carbons (Fsp3) is 0.0870. The summed E-state index contributed by atoms with van der Waals surface area (Å²) in [5.74, 6) is 2.58. The van der Waals surface area contributed by atoms with Crippen molar-refractivity contribution in [2.24, 2.45) is 0 Å². The summed E-state index contributed by atoms with van der Waals surface area (Å²) < 4.78 is 16.5. The summed E-state index contributed by atoms with van der Waals surface area (Å²) in [4.78, 5) is 3.42. The van der Waals surface area contributed by atoms with Gasteiger partial charge in [-0.15, -0.1) is 10.2 Å². The number of fused-ring (bicyclic) bond motifs is 1. The minimum Gasteiger partial charge on any atom is -0.454 e. The fourth-order valence-electron chi connectivity index (χ4n) is 3.08. The number of benzene rings is 3. The molecule has 0 saturated carbocycles. The number of ether oxygens (including phenoxy) is 2. The van der Waals surface area contributed by atoms with E-state index in [4.69, 9.17) is 20.5 Å². The molecule has 7 heteroatoms. The molecule has 0 unspecified atom stereocenters. The molecule has 0 spiro atoms. The highest BCUT2D eigenvalue weighted by atomic mass is 32.2. The molecule has 0 saturated heterocycles. The molecule has 0 aliphatic carbocycles. The van der Waals surface area contributed by atoms with Gasteiger partial charge in [-0.2, -0.15) is 0 Å². The van der Waals surface area contributed by atoms with Gasteiger partial charge in [0.25, 0.3) is 5.22 Å². The first kappa shape index (κ1) is 18.3. The van der Waals surface area contributed by atoms with Crippen molar-refractivity contribution < 1.29 is 13.9 Å². The third kappa shape index (κ3) is 3.73. The quantitative estimate of drug-likeness (QED) is 0.296. The molecule has 0 radical (unpaired) electrons. The van der Waals surface area contributed by atoms with Gasteiger partial charge in [-0.05, 0) is 34.9 Å². The van der Waals surface area contributed by atoms with Crippen LogP contribution in [0.4, 0.5) is 5.69 Å². The summed E-state index contributed by atoms with van der Waals surface area (Å²) in [6.45, 7) is 7.27. The maximum absolute atomic E-state index is 7.04. The van der Waals surface area contributed by atoms with E-state index >= 15 is 0 Å². The summed E-state index contributed by atoms with van der Waals surface area (Å²) in [7, 11) is 0. The maximum Gasteiger partial charge on any atom is 0.277 e. The van der Waals surface area contributed by atoms with Crippen LogP contribution in [-0.4, -0.2) is 17.0 Å². The van der Waals surface area contributed by atoms with Crippen LogP contribution in [0.3, 0.4) is 0 Å². The average Bonchev–Trinajstić information content (AvgIpc) is 3.47. The molecule has 2 heterocycles. The zero-order chi connectivity index (χ0) is 20.3. The molecule has 146 valence electrons. The highest BCUT2D eigenvalue weighted by molar-refractivity contribution is 7.98. The van der Waals surface area contributed by atoms with Crippen molar-refractivity contribution >= 4 is 17.4 Å². The number of hydrogen-bond donors (Lipinski definition) is 0. The van der Waals surface area contributed by atoms with E-state index < -0.39 is 0 Å². The van der Waals surface area contributed by atoms with Gasteiger partial charge in [0, 0.05) is 11.3 Å². The van der Waals surface area contributed by atoms with E-state index in [9.17, 15) is 0 Å². The molecule has 0 N–H and O–H groups in total. The molecule has 6 nitrogen and oxygen atoms in total. The van der Waals surface area contributed by atoms with Crippen LogP contribution in [-0.2, 0) is 5.75 Å². The van der Waals surface area contributed by atoms with Crippen molar-refractivity contribution in [1.82, 2.24) is 10.2 Å². The van der Waals surface area contributed by atoms with Crippen LogP contribution >= 0.6 is 11.8 Å². The summed E-state index contributed by atoms with van der Waals surface area (Å²) in [6, 6.07) is 21.5. The van der Waals surface area contributed by atoms with Gasteiger partial charge >= 0.3 is 0 Å². The number of hydrogen-bond acceptors (Lipinski definition) is 6. The van der Waals surface area contributed by atoms with E-state index in [1.165, 1.54) is 11.8 Å². The van der Waals surface area contributed by atoms with Gasteiger partial charge in [0.15, 0.2) is 17.2 Å². The summed E-state index contributed by atoms with van der Waals surface area (Å²) in [6.07, 6.45) is 0. The third-order valence-electron chi connectivity index (χ3n) is 4.67. The minimum absolute atomic E-state index is 0.231. The Hall–Kier alpha value is -3.76. The van der Waals surface area contributed by atoms with Crippen LogP contribution in [0.1, 0.15) is 5.56 Å². The summed E-state index contributed by atoms with van der Waals surface area (Å²) in [5, 5.41) is 8.79. The highest BCUT2D eigenvalue weighted by Crippen LogP contribution is 2.36. The molecule has 0 atom stereocenters. The molecule has 30 heavy (non-hydrogen) atoms. The summed E-state index contributed by atoms with van der Waals surface area (Å²) in [5.41, 5.74) is 4.80. The lowest BCUT2D eigenvalue weighted by atomic mass is 10.0. The molecule has 1 aromatic heterocycles. The molecule has 0 bridgehead atoms. The van der Waals surface area contributed by atoms with Crippen molar-refractivity contribution in [1.29, 1.82) is 0 Å². The van der Waals surface area contributed by atoms with Crippen LogP contribution in [0, 0.1) is 6.57 Å². The second-order valence-corrected chi connectivity index (χ2v) is 7.51. The summed E-state index contributed by atoms with van der Waals surface area (Å²) >= 11 is 1.49. The van der Waals surface area contributed by atoms with E-state index in [2.05, 4.69) is 39.3 Å². The van der Waals surface area contributed by atoms with E-state index in [1.54, 1.807) is 0 Å². The first-order chi connectivity index (χ1) is 14.8. The lowest BCUT2D eigenvalue weighted by Crippen LogP contribution is -1.92. The average molecular weight is 413 g/mol. The Labute approximate surface area is 177 Å². The topological polar surface area (TPSA) is 61.7 Å². The van der Waals surface area contributed by atoms with Crippen molar-refractivity contribution in [2.75, 3.05) is 6.79 Å². The molecule has 3 aromatic carbocycles. The van der Waals surface area contributed by atoms with E-state index in [-0.39, 0.29) is 6.79 Å². The van der Waals surface area contributed by atoms with Gasteiger partial charge in [0.05, 0.1) is 6.57 Å². The predicted molar refractivity (Wildman–Crippen MR) is 114 cm³/mol. The lowest BCUT2D eigenvalue weighted by Gasteiger charge is -2.04. The number of rotatable bonds is 5. The third-order valence-corrected chi connectivity index (χ3v) is 5.56. The van der Waals surface area contributed by atoms with Crippen molar-refractivity contribution in [3.05, 3.63) is 83.7 Å². The second kappa shape index (κ2) is 7.93. The number of thioether (sulfide) groups is 1. The molecular weight excluding hydrogens is 398 g/mol. The zero-order valence-electron chi connectivity index (χ0n) is 15.7. The van der Waals surface area contributed by atoms with Gasteiger partial charge in [-0.3, -0.25) is 0 Å². The van der Waals surface area contributed by atoms with E-state index in [1.807, 2.05) is 42.5 Å². The molecule has 5 rings (SSSR count). The molecule has 4 aromatic rings. The molecule has 1 aliphatic heterocycles. The van der Waals surface area contributed by atoms with E-state index in [0.29, 0.717) is 22.6 Å². The Morgan fingerprint density at radius 2 is 1.53 bits per heavy atom. The van der Waals surface area contributed by atoms with Crippen molar-refractivity contribution in [3.8, 4) is 34.1 Å². The smallest absolute Gasteiger partial charge is 0.277 e. The van der Waals surface area contributed by atoms with Crippen LogP contribution in [0.15, 0.2) is 76.4 Å². The van der Waals surface area contributed by atoms with Crippen LogP contribution < -0.4 is 9.47 Å². The maximum atomic E-state index is 7.04. The van der Waals surface area contributed by atoms with E-state index in [0.717, 1.165) is 33.8 Å². The Bertz CT molecular complexity index is 1230. The Morgan fingerprint density at radius 3 is 2.30 bits per heavy atom. The lowest BCUT2D eigenvalue weighted by molar-refractivity contribution is 0.174. The monoisotopic (exact) mass is 413 g/mol. The van der Waals surface area contributed by atoms with Gasteiger partial charge in [-0.1, -0.05) is 60.3 Å². The predicted octanol–water partition coefficient (Wildman–Crippen LogP) is 5.98. The Balaban J connectivity index is 1.24. The zero-order valence-corrected chi connectivity index (χ0v) is 16.6. The second-order valence-electron chi connectivity index (χ2n) is 6.59. The first-order valence-electron chi connectivity index (χ1n) is 9.22. The molecular formula is C23H15N3O3S. The normalized spacial score (nSPS) is 12.0. The number of nitrogens with zero attached hydrogens (tertiary/aromatic N) is 3. The minimum atomic E-state index is 0.231. The van der Waals surface area contributed by atoms with Crippen molar-refractivity contribution in [2.45, 2.75) is 11.0 Å². The molecule has 0 amide bonds. The van der Waals surface area contributed by atoms with Crippen LogP contribution in [0.5, 0.6) is 11.5 Å². The van der Waals surface area contributed by atoms with Gasteiger partial charge in [0.1, 0.15) is 0 Å². The number of aromatic nitrogens is 2. The van der Waals surface area contributed by atoms with Gasteiger partial charge in [0.2, 0.25) is 12.7 Å². The highest BCUT2D eigenvalue weighted by Gasteiger charge is 2.16. The van der Waals surface area contributed by atoms with Crippen molar-refractivity contribution in [3.63, 3.8) is 0 Å². The van der Waals surface area contributed by atoms with Gasteiger partial charge < -0.3 is 13.9 Å². The fourth-order valence-corrected chi connectivity index (χ4v) is 3.80. The largest absolute Gasteiger partial charge is 0.454 e. The standard InChI is InChI=1S/C23H15N3O3S/c1-24-19-9-6-17(7-10-19)16-4-2-15(3-5-16)13-30-23-26-25-22(29-23)18-8-11-20-21(12-18)28-14-27-20/h2-12H,13-14H2. The Morgan fingerprint density at radius 1 is 0.833 bits per heavy atom. The Kier molecular flexibility index (Phi) is 4.83. The first-order valence-corrected chi connectivity index (χ1v) is 10.2. The van der Waals surface area contributed by atoms with Crippen LogP contribution in [0.25, 0.3) is 27.4 Å². The SMILES string of the molecule is [C-]#[N+]c1ccc(-c2ccc(CSc3nnc(-c4ccc5c(c4)OCO5)o3)cc2)cc1.